The number of rotatable bonds is 3. The van der Waals surface area contributed by atoms with E-state index in [1.165, 1.54) is 0 Å². The third-order valence-electron chi connectivity index (χ3n) is 1.51. The Bertz CT molecular complexity index is 284. The minimum atomic E-state index is 0.431. The lowest BCUT2D eigenvalue weighted by Gasteiger charge is -2.02. The molecule has 0 spiro atoms. The smallest absolute Gasteiger partial charge is 0.150 e. The third-order valence-corrected chi connectivity index (χ3v) is 1.87. The van der Waals surface area contributed by atoms with Gasteiger partial charge in [0, 0.05) is 17.7 Å². The summed E-state index contributed by atoms with van der Waals surface area (Å²) in [7, 11) is 1.59. The van der Waals surface area contributed by atoms with Crippen LogP contribution in [0, 0.1) is 0 Å². The van der Waals surface area contributed by atoms with Gasteiger partial charge in [-0.3, -0.25) is 4.79 Å². The summed E-state index contributed by atoms with van der Waals surface area (Å²) in [6.45, 7) is 0.431. The van der Waals surface area contributed by atoms with Crippen LogP contribution in [0.3, 0.4) is 0 Å². The van der Waals surface area contributed by atoms with Crippen molar-refractivity contribution >= 4 is 17.9 Å². The van der Waals surface area contributed by atoms with Crippen LogP contribution in [0.15, 0.2) is 18.2 Å². The van der Waals surface area contributed by atoms with Gasteiger partial charge in [-0.05, 0) is 17.7 Å². The normalized spacial score (nSPS) is 9.83. The van der Waals surface area contributed by atoms with Gasteiger partial charge in [-0.25, -0.2) is 0 Å². The average molecular weight is 185 g/mol. The number of aldehydes is 1. The topological polar surface area (TPSA) is 26.3 Å². The van der Waals surface area contributed by atoms with Crippen molar-refractivity contribution in [1.82, 2.24) is 0 Å². The van der Waals surface area contributed by atoms with Crippen LogP contribution in [-0.4, -0.2) is 13.4 Å². The maximum atomic E-state index is 10.4. The number of hydrogen-bond donors (Lipinski definition) is 0. The van der Waals surface area contributed by atoms with Crippen LogP contribution < -0.4 is 0 Å². The SMILES string of the molecule is COCc1cc(C=O)ccc1Cl. The zero-order valence-corrected chi connectivity index (χ0v) is 7.47. The maximum Gasteiger partial charge on any atom is 0.150 e. The molecular weight excluding hydrogens is 176 g/mol. The molecular formula is C9H9ClO2. The van der Waals surface area contributed by atoms with Crippen LogP contribution in [0.4, 0.5) is 0 Å². The molecule has 64 valence electrons. The highest BCUT2D eigenvalue weighted by Gasteiger charge is 2.00. The molecule has 0 atom stereocenters. The van der Waals surface area contributed by atoms with E-state index in [1.807, 2.05) is 0 Å². The van der Waals surface area contributed by atoms with Gasteiger partial charge in [0.05, 0.1) is 6.61 Å². The van der Waals surface area contributed by atoms with E-state index >= 15 is 0 Å². The van der Waals surface area contributed by atoms with Gasteiger partial charge in [0.15, 0.2) is 0 Å². The number of methoxy groups -OCH3 is 1. The molecule has 0 fully saturated rings. The van der Waals surface area contributed by atoms with Crippen molar-refractivity contribution in [2.45, 2.75) is 6.61 Å². The number of benzene rings is 1. The molecule has 0 saturated carbocycles. The van der Waals surface area contributed by atoms with Crippen molar-refractivity contribution in [2.24, 2.45) is 0 Å². The van der Waals surface area contributed by atoms with Crippen molar-refractivity contribution in [2.75, 3.05) is 7.11 Å². The first-order valence-corrected chi connectivity index (χ1v) is 3.88. The minimum Gasteiger partial charge on any atom is -0.380 e. The van der Waals surface area contributed by atoms with E-state index in [4.69, 9.17) is 16.3 Å². The molecule has 1 aromatic rings. The molecule has 0 N–H and O–H groups in total. The number of halogens is 1. The highest BCUT2D eigenvalue weighted by atomic mass is 35.5. The van der Waals surface area contributed by atoms with Gasteiger partial charge in [0.1, 0.15) is 6.29 Å². The molecule has 2 nitrogen and oxygen atoms in total. The van der Waals surface area contributed by atoms with E-state index in [9.17, 15) is 4.79 Å². The van der Waals surface area contributed by atoms with Gasteiger partial charge in [0.2, 0.25) is 0 Å². The lowest BCUT2D eigenvalue weighted by Crippen LogP contribution is -1.90. The molecule has 0 amide bonds. The van der Waals surface area contributed by atoms with E-state index in [2.05, 4.69) is 0 Å². The fraction of sp³-hybridized carbons (Fsp3) is 0.222. The second-order valence-electron chi connectivity index (χ2n) is 2.40. The third kappa shape index (κ3) is 2.06. The molecule has 0 saturated heterocycles. The van der Waals surface area contributed by atoms with Crippen LogP contribution in [0.1, 0.15) is 15.9 Å². The van der Waals surface area contributed by atoms with Crippen molar-refractivity contribution in [3.05, 3.63) is 34.3 Å². The summed E-state index contributed by atoms with van der Waals surface area (Å²) in [5.74, 6) is 0. The van der Waals surface area contributed by atoms with Gasteiger partial charge >= 0.3 is 0 Å². The monoisotopic (exact) mass is 184 g/mol. The predicted octanol–water partition coefficient (Wildman–Crippen LogP) is 2.30. The van der Waals surface area contributed by atoms with Crippen molar-refractivity contribution in [3.63, 3.8) is 0 Å². The highest BCUT2D eigenvalue weighted by molar-refractivity contribution is 6.31. The Morgan fingerprint density at radius 2 is 2.33 bits per heavy atom. The average Bonchev–Trinajstić information content (AvgIpc) is 2.09. The van der Waals surface area contributed by atoms with Gasteiger partial charge in [-0.1, -0.05) is 17.7 Å². The van der Waals surface area contributed by atoms with E-state index in [-0.39, 0.29) is 0 Å². The Morgan fingerprint density at radius 3 is 2.92 bits per heavy atom. The molecule has 0 aromatic heterocycles. The number of ether oxygens (including phenoxy) is 1. The zero-order valence-electron chi connectivity index (χ0n) is 6.71. The standard InChI is InChI=1S/C9H9ClO2/c1-12-6-8-4-7(5-11)2-3-9(8)10/h2-5H,6H2,1H3. The van der Waals surface area contributed by atoms with E-state index in [0.717, 1.165) is 11.8 Å². The second-order valence-corrected chi connectivity index (χ2v) is 2.81. The molecule has 0 bridgehead atoms. The lowest BCUT2D eigenvalue weighted by molar-refractivity contribution is 0.112. The molecule has 1 rings (SSSR count). The Labute approximate surface area is 76.1 Å². The molecule has 0 aliphatic heterocycles. The summed E-state index contributed by atoms with van der Waals surface area (Å²) in [5, 5.41) is 0.627. The lowest BCUT2D eigenvalue weighted by atomic mass is 10.1. The van der Waals surface area contributed by atoms with Crippen molar-refractivity contribution in [1.29, 1.82) is 0 Å². The van der Waals surface area contributed by atoms with Crippen LogP contribution >= 0.6 is 11.6 Å². The summed E-state index contributed by atoms with van der Waals surface area (Å²) >= 11 is 5.84. The predicted molar refractivity (Wildman–Crippen MR) is 47.6 cm³/mol. The number of carbonyl (C=O) groups excluding carboxylic acids is 1. The Kier molecular flexibility index (Phi) is 3.26. The molecule has 0 radical (unpaired) electrons. The van der Waals surface area contributed by atoms with Gasteiger partial charge in [-0.15, -0.1) is 0 Å². The first-order chi connectivity index (χ1) is 5.77. The van der Waals surface area contributed by atoms with Crippen LogP contribution in [0.2, 0.25) is 5.02 Å². The minimum absolute atomic E-state index is 0.431. The first-order valence-electron chi connectivity index (χ1n) is 3.50. The zero-order chi connectivity index (χ0) is 8.97. The molecule has 1 aromatic carbocycles. The number of carbonyl (C=O) groups is 1. The van der Waals surface area contributed by atoms with Crippen LogP contribution in [0.25, 0.3) is 0 Å². The van der Waals surface area contributed by atoms with Crippen LogP contribution in [0.5, 0.6) is 0 Å². The van der Waals surface area contributed by atoms with Crippen LogP contribution in [-0.2, 0) is 11.3 Å². The summed E-state index contributed by atoms with van der Waals surface area (Å²) in [6.07, 6.45) is 0.787. The molecule has 0 unspecified atom stereocenters. The first kappa shape index (κ1) is 9.23. The summed E-state index contributed by atoms with van der Waals surface area (Å²) in [6, 6.07) is 5.09. The van der Waals surface area contributed by atoms with Gasteiger partial charge in [-0.2, -0.15) is 0 Å². The molecule has 0 aliphatic carbocycles. The van der Waals surface area contributed by atoms with Crippen molar-refractivity contribution < 1.29 is 9.53 Å². The molecule has 12 heavy (non-hydrogen) atoms. The second kappa shape index (κ2) is 4.24. The molecule has 0 aliphatic rings. The summed E-state index contributed by atoms with van der Waals surface area (Å²) in [4.78, 5) is 10.4. The fourth-order valence-corrected chi connectivity index (χ4v) is 1.11. The number of hydrogen-bond acceptors (Lipinski definition) is 2. The quantitative estimate of drug-likeness (QED) is 0.674. The molecule has 3 heteroatoms. The largest absolute Gasteiger partial charge is 0.380 e. The Morgan fingerprint density at radius 1 is 1.58 bits per heavy atom. The highest BCUT2D eigenvalue weighted by Crippen LogP contribution is 2.17. The van der Waals surface area contributed by atoms with Gasteiger partial charge < -0.3 is 4.74 Å². The summed E-state index contributed by atoms with van der Waals surface area (Å²) in [5.41, 5.74) is 1.45. The van der Waals surface area contributed by atoms with E-state index in [1.54, 1.807) is 25.3 Å². The maximum absolute atomic E-state index is 10.4. The Hall–Kier alpha value is -0.860. The fourth-order valence-electron chi connectivity index (χ4n) is 0.934. The molecule has 0 heterocycles. The summed E-state index contributed by atoms with van der Waals surface area (Å²) < 4.78 is 4.91. The Balaban J connectivity index is 2.99. The van der Waals surface area contributed by atoms with Crippen molar-refractivity contribution in [3.8, 4) is 0 Å². The van der Waals surface area contributed by atoms with E-state index in [0.29, 0.717) is 17.2 Å². The van der Waals surface area contributed by atoms with Gasteiger partial charge in [0.25, 0.3) is 0 Å². The van der Waals surface area contributed by atoms with E-state index < -0.39 is 0 Å².